The number of allylic oxidation sites excluding steroid dienone is 5. The van der Waals surface area contributed by atoms with E-state index in [9.17, 15) is 4.39 Å². The molecule has 0 aliphatic heterocycles. The van der Waals surface area contributed by atoms with Crippen molar-refractivity contribution in [3.8, 4) is 0 Å². The lowest BCUT2D eigenvalue weighted by atomic mass is 9.85. The van der Waals surface area contributed by atoms with Gasteiger partial charge in [-0.3, -0.25) is 0 Å². The molecule has 0 radical (unpaired) electrons. The molecule has 2 aromatic rings. The Balaban J connectivity index is 1.32. The van der Waals surface area contributed by atoms with Crippen molar-refractivity contribution in [2.75, 3.05) is 0 Å². The van der Waals surface area contributed by atoms with E-state index in [1.165, 1.54) is 28.3 Å². The van der Waals surface area contributed by atoms with Crippen LogP contribution in [0.4, 0.5) is 4.39 Å². The molecule has 0 saturated carbocycles. The van der Waals surface area contributed by atoms with Crippen molar-refractivity contribution in [2.24, 2.45) is 0 Å². The van der Waals surface area contributed by atoms with Crippen molar-refractivity contribution in [1.29, 1.82) is 0 Å². The van der Waals surface area contributed by atoms with E-state index in [1.807, 2.05) is 26.0 Å². The second-order valence-electron chi connectivity index (χ2n) is 11.2. The zero-order valence-electron chi connectivity index (χ0n) is 25.0. The van der Waals surface area contributed by atoms with Crippen LogP contribution in [0.2, 0.25) is 0 Å². The fourth-order valence-corrected chi connectivity index (χ4v) is 5.56. The molecule has 2 aromatic carbocycles. The third-order valence-corrected chi connectivity index (χ3v) is 8.32. The molecule has 0 saturated heterocycles. The summed E-state index contributed by atoms with van der Waals surface area (Å²) in [5.41, 5.74) is 15.2. The van der Waals surface area contributed by atoms with E-state index in [-0.39, 0.29) is 11.9 Å². The van der Waals surface area contributed by atoms with Gasteiger partial charge in [-0.2, -0.15) is 0 Å². The summed E-state index contributed by atoms with van der Waals surface area (Å²) in [6, 6.07) is 9.79. The van der Waals surface area contributed by atoms with Gasteiger partial charge in [0.2, 0.25) is 0 Å². The Labute approximate surface area is 245 Å². The number of hydrogen-bond donors (Lipinski definition) is 3. The highest BCUT2D eigenvalue weighted by atomic mass is 19.1. The Morgan fingerprint density at radius 1 is 0.976 bits per heavy atom. The number of fused-ring (bicyclic) bond motifs is 1. The van der Waals surface area contributed by atoms with Gasteiger partial charge in [-0.25, -0.2) is 4.39 Å². The van der Waals surface area contributed by atoms with Gasteiger partial charge in [0.15, 0.2) is 0 Å². The number of benzene rings is 2. The maximum atomic E-state index is 14.5. The first kappa shape index (κ1) is 29.7. The van der Waals surface area contributed by atoms with Crippen molar-refractivity contribution >= 4 is 5.57 Å². The van der Waals surface area contributed by atoms with Crippen LogP contribution in [-0.2, 0) is 19.5 Å². The lowest BCUT2D eigenvalue weighted by molar-refractivity contribution is 0.598. The summed E-state index contributed by atoms with van der Waals surface area (Å²) in [5.74, 6) is -0.243. The molecule has 41 heavy (non-hydrogen) atoms. The summed E-state index contributed by atoms with van der Waals surface area (Å²) in [6.07, 6.45) is 4.08. The van der Waals surface area contributed by atoms with Crippen LogP contribution in [0.15, 0.2) is 121 Å². The van der Waals surface area contributed by atoms with Crippen molar-refractivity contribution in [3.05, 3.63) is 160 Å². The van der Waals surface area contributed by atoms with Crippen molar-refractivity contribution in [1.82, 2.24) is 16.0 Å². The molecule has 4 heteroatoms. The topological polar surface area (TPSA) is 36.1 Å². The summed E-state index contributed by atoms with van der Waals surface area (Å²) < 4.78 is 14.5. The quantitative estimate of drug-likeness (QED) is 0.233. The summed E-state index contributed by atoms with van der Waals surface area (Å²) in [4.78, 5) is 0. The highest BCUT2D eigenvalue weighted by Gasteiger charge is 2.25. The molecule has 0 fully saturated rings. The monoisotopic (exact) mass is 547 g/mol. The van der Waals surface area contributed by atoms with Crippen LogP contribution in [-0.4, -0.2) is 0 Å². The van der Waals surface area contributed by atoms with Crippen LogP contribution in [0.25, 0.3) is 5.57 Å². The Morgan fingerprint density at radius 3 is 2.39 bits per heavy atom. The summed E-state index contributed by atoms with van der Waals surface area (Å²) >= 11 is 0. The van der Waals surface area contributed by atoms with Gasteiger partial charge < -0.3 is 16.0 Å². The van der Waals surface area contributed by atoms with E-state index < -0.39 is 0 Å². The number of hydrogen-bond acceptors (Lipinski definition) is 3. The minimum Gasteiger partial charge on any atom is -0.381 e. The first-order valence-corrected chi connectivity index (χ1v) is 14.0. The van der Waals surface area contributed by atoms with Crippen LogP contribution < -0.4 is 16.0 Å². The van der Waals surface area contributed by atoms with Gasteiger partial charge in [0.05, 0.1) is 6.04 Å². The molecule has 0 spiro atoms. The summed E-state index contributed by atoms with van der Waals surface area (Å²) in [5, 5.41) is 10.3. The molecule has 3 N–H and O–H groups in total. The van der Waals surface area contributed by atoms with E-state index in [2.05, 4.69) is 81.4 Å². The molecule has 212 valence electrons. The van der Waals surface area contributed by atoms with E-state index in [0.717, 1.165) is 63.2 Å². The first-order valence-electron chi connectivity index (χ1n) is 14.0. The maximum absolute atomic E-state index is 14.5. The third kappa shape index (κ3) is 6.22. The second kappa shape index (κ2) is 12.1. The van der Waals surface area contributed by atoms with Crippen molar-refractivity contribution in [2.45, 2.75) is 59.7 Å². The Kier molecular flexibility index (Phi) is 8.72. The largest absolute Gasteiger partial charge is 0.381 e. The fourth-order valence-electron chi connectivity index (χ4n) is 5.56. The van der Waals surface area contributed by atoms with E-state index in [0.29, 0.717) is 24.4 Å². The normalized spacial score (nSPS) is 16.2. The molecule has 1 unspecified atom stereocenters. The standard InChI is InChI=1S/C37H42FN3/c1-21(2)32-12-13-34-33(27(32)8)14-16-36(34)41-29(10)23(4)17-22(3)28(9)39-19-30-11-15-35(38)31(18-30)20-40-37-25(6)24(5)26(37)7/h11-13,15,17-18,36,39-41H,1,3,5-6,9-10,14,16,19-20H2,2,4,7-8H3/b23-17+. The average Bonchev–Trinajstić information content (AvgIpc) is 3.35. The Bertz CT molecular complexity index is 1560. The predicted molar refractivity (Wildman–Crippen MR) is 172 cm³/mol. The van der Waals surface area contributed by atoms with E-state index in [1.54, 1.807) is 6.07 Å². The van der Waals surface area contributed by atoms with Crippen LogP contribution >= 0.6 is 0 Å². The highest BCUT2D eigenvalue weighted by Crippen LogP contribution is 2.37. The van der Waals surface area contributed by atoms with E-state index >= 15 is 0 Å². The van der Waals surface area contributed by atoms with Crippen LogP contribution in [0.3, 0.4) is 0 Å². The smallest absolute Gasteiger partial charge is 0.128 e. The second-order valence-corrected chi connectivity index (χ2v) is 11.2. The Hall–Kier alpha value is -4.31. The van der Waals surface area contributed by atoms with Crippen LogP contribution in [0.5, 0.6) is 0 Å². The van der Waals surface area contributed by atoms with E-state index in [4.69, 9.17) is 0 Å². The number of halogens is 1. The molecular weight excluding hydrogens is 505 g/mol. The minimum atomic E-state index is -0.243. The summed E-state index contributed by atoms with van der Waals surface area (Å²) in [7, 11) is 0. The summed E-state index contributed by atoms with van der Waals surface area (Å²) in [6.45, 7) is 33.9. The van der Waals surface area contributed by atoms with Crippen LogP contribution in [0.1, 0.15) is 66.6 Å². The molecule has 3 nitrogen and oxygen atoms in total. The molecule has 0 bridgehead atoms. The van der Waals surface area contributed by atoms with Gasteiger partial charge in [-0.1, -0.05) is 63.2 Å². The molecular formula is C37H42FN3. The average molecular weight is 548 g/mol. The van der Waals surface area contributed by atoms with Crippen molar-refractivity contribution in [3.63, 3.8) is 0 Å². The number of nitrogens with one attached hydrogen (secondary N) is 3. The van der Waals surface area contributed by atoms with Gasteiger partial charge in [-0.15, -0.1) is 0 Å². The van der Waals surface area contributed by atoms with Crippen molar-refractivity contribution < 1.29 is 4.39 Å². The van der Waals surface area contributed by atoms with Gasteiger partial charge in [0.1, 0.15) is 5.82 Å². The molecule has 0 aromatic heterocycles. The molecule has 1 atom stereocenters. The lowest BCUT2D eigenvalue weighted by Crippen LogP contribution is -2.24. The molecule has 0 amide bonds. The molecule has 0 heterocycles. The van der Waals surface area contributed by atoms with Gasteiger partial charge in [-0.05, 0) is 114 Å². The van der Waals surface area contributed by atoms with Gasteiger partial charge >= 0.3 is 0 Å². The number of rotatable bonds is 12. The minimum absolute atomic E-state index is 0.233. The molecule has 2 aliphatic rings. The zero-order valence-corrected chi connectivity index (χ0v) is 25.0. The highest BCUT2D eigenvalue weighted by molar-refractivity contribution is 5.67. The Morgan fingerprint density at radius 2 is 1.71 bits per heavy atom. The van der Waals surface area contributed by atoms with Crippen LogP contribution in [0, 0.1) is 12.7 Å². The molecule has 2 aliphatic carbocycles. The van der Waals surface area contributed by atoms with Gasteiger partial charge in [0.25, 0.3) is 0 Å². The lowest BCUT2D eigenvalue weighted by Gasteiger charge is -2.28. The fraction of sp³-hybridized carbons (Fsp3) is 0.243. The van der Waals surface area contributed by atoms with Gasteiger partial charge in [0, 0.05) is 35.7 Å². The first-order chi connectivity index (χ1) is 19.4. The third-order valence-electron chi connectivity index (χ3n) is 8.32. The molecule has 4 rings (SSSR count). The maximum Gasteiger partial charge on any atom is 0.128 e. The SMILES string of the molecule is C=C(/C=C(\C)C(=C)NC1CCc2c1ccc(C(=C)C)c2C)C(=C)NCc1ccc(F)c(CNC2=C(C)C(=C)C2=C)c1. The predicted octanol–water partition coefficient (Wildman–Crippen LogP) is 8.55. The zero-order chi connectivity index (χ0) is 30.0.